The van der Waals surface area contributed by atoms with Gasteiger partial charge >= 0.3 is 0 Å². The summed E-state index contributed by atoms with van der Waals surface area (Å²) in [6.45, 7) is 8.85. The molecule has 0 spiro atoms. The molecule has 0 saturated heterocycles. The number of rotatable bonds is 7. The molecule has 0 bridgehead atoms. The molecule has 2 rings (SSSR count). The summed E-state index contributed by atoms with van der Waals surface area (Å²) < 4.78 is 5.59. The molecule has 5 heteroatoms. The van der Waals surface area contributed by atoms with Gasteiger partial charge in [0.2, 0.25) is 0 Å². The zero-order valence-corrected chi connectivity index (χ0v) is 14.9. The van der Waals surface area contributed by atoms with E-state index in [0.717, 1.165) is 11.1 Å². The number of aliphatic hydroxyl groups is 1. The summed E-state index contributed by atoms with van der Waals surface area (Å²) in [6.07, 6.45) is 4.61. The van der Waals surface area contributed by atoms with Crippen LogP contribution in [-0.2, 0) is 4.74 Å². The van der Waals surface area contributed by atoms with Crippen LogP contribution in [0.3, 0.4) is 0 Å². The Balaban J connectivity index is 1.85. The number of hydrogen-bond acceptors (Lipinski definition) is 5. The van der Waals surface area contributed by atoms with Gasteiger partial charge in [-0.3, -0.25) is 0 Å². The molecular weight excluding hydrogens is 302 g/mol. The number of aromatic nitrogens is 2. The molecular formula is C19H27N3O2. The van der Waals surface area contributed by atoms with Gasteiger partial charge in [-0.2, -0.15) is 0 Å². The van der Waals surface area contributed by atoms with Crippen molar-refractivity contribution in [2.24, 2.45) is 0 Å². The summed E-state index contributed by atoms with van der Waals surface area (Å²) in [4.78, 5) is 8.08. The van der Waals surface area contributed by atoms with E-state index in [4.69, 9.17) is 4.74 Å². The molecule has 0 aliphatic heterocycles. The SMILES string of the molecule is CC(NCC(O)COC(C)(C)C)c1ccc(-c2cncnc2)cc1. The Morgan fingerprint density at radius 3 is 2.29 bits per heavy atom. The van der Waals surface area contributed by atoms with Crippen LogP contribution in [0, 0.1) is 0 Å². The molecule has 0 fully saturated rings. The van der Waals surface area contributed by atoms with E-state index >= 15 is 0 Å². The summed E-state index contributed by atoms with van der Waals surface area (Å²) in [5, 5.41) is 13.3. The van der Waals surface area contributed by atoms with Gasteiger partial charge in [0.25, 0.3) is 0 Å². The van der Waals surface area contributed by atoms with E-state index in [1.807, 2.05) is 20.8 Å². The van der Waals surface area contributed by atoms with Gasteiger partial charge in [0, 0.05) is 30.5 Å². The summed E-state index contributed by atoms with van der Waals surface area (Å²) in [6, 6.07) is 8.43. The number of nitrogens with zero attached hydrogens (tertiary/aromatic N) is 2. The molecule has 2 unspecified atom stereocenters. The monoisotopic (exact) mass is 329 g/mol. The van der Waals surface area contributed by atoms with Crippen LogP contribution < -0.4 is 5.32 Å². The van der Waals surface area contributed by atoms with Crippen LogP contribution in [0.4, 0.5) is 0 Å². The van der Waals surface area contributed by atoms with Gasteiger partial charge < -0.3 is 15.2 Å². The average molecular weight is 329 g/mol. The van der Waals surface area contributed by atoms with Crippen molar-refractivity contribution >= 4 is 0 Å². The smallest absolute Gasteiger partial charge is 0.115 e. The standard InChI is InChI=1S/C19H27N3O2/c1-14(22-11-18(23)12-24-19(2,3)4)15-5-7-16(8-6-15)17-9-20-13-21-10-17/h5-10,13-14,18,22-23H,11-12H2,1-4H3. The fourth-order valence-corrected chi connectivity index (χ4v) is 2.25. The molecule has 0 aliphatic rings. The second-order valence-corrected chi connectivity index (χ2v) is 6.96. The third-order valence-corrected chi connectivity index (χ3v) is 3.67. The Hall–Kier alpha value is -1.82. The minimum absolute atomic E-state index is 0.148. The normalized spacial score (nSPS) is 14.4. The minimum Gasteiger partial charge on any atom is -0.389 e. The van der Waals surface area contributed by atoms with Crippen LogP contribution in [0.15, 0.2) is 43.0 Å². The number of ether oxygens (including phenoxy) is 1. The lowest BCUT2D eigenvalue weighted by molar-refractivity contribution is -0.0482. The molecule has 0 aliphatic carbocycles. The average Bonchev–Trinajstić information content (AvgIpc) is 2.58. The van der Waals surface area contributed by atoms with Crippen LogP contribution in [0.2, 0.25) is 0 Å². The van der Waals surface area contributed by atoms with Crippen molar-refractivity contribution in [1.82, 2.24) is 15.3 Å². The number of aliphatic hydroxyl groups excluding tert-OH is 1. The molecule has 0 amide bonds. The van der Waals surface area contributed by atoms with Gasteiger partial charge in [-0.15, -0.1) is 0 Å². The Kier molecular flexibility index (Phi) is 6.43. The number of benzene rings is 1. The minimum atomic E-state index is -0.521. The lowest BCUT2D eigenvalue weighted by atomic mass is 10.0. The van der Waals surface area contributed by atoms with E-state index in [-0.39, 0.29) is 11.6 Å². The Labute approximate surface area is 144 Å². The predicted molar refractivity (Wildman–Crippen MR) is 95.6 cm³/mol. The summed E-state index contributed by atoms with van der Waals surface area (Å²) in [5.74, 6) is 0. The molecule has 1 aromatic carbocycles. The second-order valence-electron chi connectivity index (χ2n) is 6.96. The predicted octanol–water partition coefficient (Wildman–Crippen LogP) is 2.97. The van der Waals surface area contributed by atoms with Gasteiger partial charge in [0.05, 0.1) is 18.3 Å². The lowest BCUT2D eigenvalue weighted by Crippen LogP contribution is -2.34. The molecule has 130 valence electrons. The maximum absolute atomic E-state index is 10.00. The first-order valence-corrected chi connectivity index (χ1v) is 8.26. The zero-order chi connectivity index (χ0) is 17.6. The van der Waals surface area contributed by atoms with Crippen molar-refractivity contribution in [3.05, 3.63) is 48.5 Å². The van der Waals surface area contributed by atoms with Crippen LogP contribution in [0.25, 0.3) is 11.1 Å². The number of nitrogens with one attached hydrogen (secondary N) is 1. The molecule has 0 saturated carbocycles. The van der Waals surface area contributed by atoms with Gasteiger partial charge in [0.15, 0.2) is 0 Å². The van der Waals surface area contributed by atoms with Crippen LogP contribution in [-0.4, -0.2) is 39.9 Å². The van der Waals surface area contributed by atoms with E-state index in [1.165, 1.54) is 11.9 Å². The topological polar surface area (TPSA) is 67.3 Å². The second kappa shape index (κ2) is 8.33. The Bertz CT molecular complexity index is 609. The van der Waals surface area contributed by atoms with Crippen molar-refractivity contribution in [1.29, 1.82) is 0 Å². The van der Waals surface area contributed by atoms with Crippen molar-refractivity contribution in [2.75, 3.05) is 13.2 Å². The lowest BCUT2D eigenvalue weighted by Gasteiger charge is -2.23. The fraction of sp³-hybridized carbons (Fsp3) is 0.474. The Morgan fingerprint density at radius 1 is 1.08 bits per heavy atom. The van der Waals surface area contributed by atoms with E-state index in [2.05, 4.69) is 46.5 Å². The molecule has 2 aromatic rings. The molecule has 2 atom stereocenters. The van der Waals surface area contributed by atoms with E-state index < -0.39 is 6.10 Å². The third-order valence-electron chi connectivity index (χ3n) is 3.67. The molecule has 5 nitrogen and oxygen atoms in total. The highest BCUT2D eigenvalue weighted by Gasteiger charge is 2.14. The molecule has 1 heterocycles. The Morgan fingerprint density at radius 2 is 1.71 bits per heavy atom. The van der Waals surface area contributed by atoms with E-state index in [1.54, 1.807) is 12.4 Å². The van der Waals surface area contributed by atoms with Crippen LogP contribution >= 0.6 is 0 Å². The maximum atomic E-state index is 10.00. The van der Waals surface area contributed by atoms with Crippen LogP contribution in [0.5, 0.6) is 0 Å². The van der Waals surface area contributed by atoms with Gasteiger partial charge in [-0.25, -0.2) is 9.97 Å². The van der Waals surface area contributed by atoms with Crippen molar-refractivity contribution in [3.8, 4) is 11.1 Å². The van der Waals surface area contributed by atoms with Crippen molar-refractivity contribution in [2.45, 2.75) is 45.4 Å². The van der Waals surface area contributed by atoms with Crippen molar-refractivity contribution in [3.63, 3.8) is 0 Å². The first-order valence-electron chi connectivity index (χ1n) is 8.26. The summed E-state index contributed by atoms with van der Waals surface area (Å²) >= 11 is 0. The first kappa shape index (κ1) is 18.5. The van der Waals surface area contributed by atoms with Crippen molar-refractivity contribution < 1.29 is 9.84 Å². The summed E-state index contributed by atoms with van der Waals surface area (Å²) in [7, 11) is 0. The van der Waals surface area contributed by atoms with Gasteiger partial charge in [-0.05, 0) is 38.8 Å². The first-order chi connectivity index (χ1) is 11.3. The highest BCUT2D eigenvalue weighted by Crippen LogP contribution is 2.20. The quantitative estimate of drug-likeness (QED) is 0.817. The maximum Gasteiger partial charge on any atom is 0.115 e. The molecule has 0 radical (unpaired) electrons. The zero-order valence-electron chi connectivity index (χ0n) is 14.9. The van der Waals surface area contributed by atoms with Crippen LogP contribution in [0.1, 0.15) is 39.3 Å². The molecule has 1 aromatic heterocycles. The molecule has 24 heavy (non-hydrogen) atoms. The highest BCUT2D eigenvalue weighted by atomic mass is 16.5. The fourth-order valence-electron chi connectivity index (χ4n) is 2.25. The van der Waals surface area contributed by atoms with E-state index in [0.29, 0.717) is 13.2 Å². The largest absolute Gasteiger partial charge is 0.389 e. The van der Waals surface area contributed by atoms with Gasteiger partial charge in [0.1, 0.15) is 6.33 Å². The number of hydrogen-bond donors (Lipinski definition) is 2. The molecule has 2 N–H and O–H groups in total. The highest BCUT2D eigenvalue weighted by molar-refractivity contribution is 5.61. The van der Waals surface area contributed by atoms with E-state index in [9.17, 15) is 5.11 Å². The summed E-state index contributed by atoms with van der Waals surface area (Å²) in [5.41, 5.74) is 3.02. The third kappa shape index (κ3) is 6.00. The van der Waals surface area contributed by atoms with Gasteiger partial charge in [-0.1, -0.05) is 24.3 Å².